The van der Waals surface area contributed by atoms with Gasteiger partial charge in [0.15, 0.2) is 0 Å². The number of benzene rings is 1. The van der Waals surface area contributed by atoms with Crippen LogP contribution in [0.15, 0.2) is 24.3 Å². The van der Waals surface area contributed by atoms with Gasteiger partial charge in [0.2, 0.25) is 5.91 Å². The van der Waals surface area contributed by atoms with E-state index in [0.29, 0.717) is 5.91 Å². The molecule has 3 heteroatoms. The highest BCUT2D eigenvalue weighted by atomic mass is 16.2. The Kier molecular flexibility index (Phi) is 3.79. The lowest BCUT2D eigenvalue weighted by atomic mass is 9.79. The van der Waals surface area contributed by atoms with Crippen molar-refractivity contribution in [2.75, 3.05) is 24.5 Å². The number of carbonyl (C=O) groups is 1. The molecular weight excluding hydrogens is 248 g/mol. The Hall–Kier alpha value is -1.35. The van der Waals surface area contributed by atoms with Crippen LogP contribution in [-0.4, -0.2) is 25.5 Å². The van der Waals surface area contributed by atoms with Gasteiger partial charge in [0.1, 0.15) is 0 Å². The summed E-state index contributed by atoms with van der Waals surface area (Å²) in [7, 11) is 0. The molecule has 108 valence electrons. The summed E-state index contributed by atoms with van der Waals surface area (Å²) in [6, 6.07) is 8.42. The van der Waals surface area contributed by atoms with E-state index in [1.165, 1.54) is 12.0 Å². The molecular formula is C17H24N2O. The van der Waals surface area contributed by atoms with Gasteiger partial charge in [-0.3, -0.25) is 4.79 Å². The third kappa shape index (κ3) is 2.47. The van der Waals surface area contributed by atoms with Crippen molar-refractivity contribution in [3.05, 3.63) is 29.8 Å². The second kappa shape index (κ2) is 5.57. The maximum absolute atomic E-state index is 13.1. The topological polar surface area (TPSA) is 32.3 Å². The second-order valence-corrected chi connectivity index (χ2v) is 6.35. The second-order valence-electron chi connectivity index (χ2n) is 6.35. The molecule has 0 aromatic heterocycles. The monoisotopic (exact) mass is 272 g/mol. The van der Waals surface area contributed by atoms with Gasteiger partial charge in [0, 0.05) is 17.6 Å². The molecule has 2 aliphatic rings. The van der Waals surface area contributed by atoms with E-state index in [0.717, 1.165) is 51.0 Å². The van der Waals surface area contributed by atoms with Gasteiger partial charge in [-0.2, -0.15) is 0 Å². The van der Waals surface area contributed by atoms with Crippen molar-refractivity contribution < 1.29 is 4.79 Å². The van der Waals surface area contributed by atoms with Crippen LogP contribution in [0, 0.1) is 5.41 Å². The Balaban J connectivity index is 1.91. The third-order valence-electron chi connectivity index (χ3n) is 4.83. The average molecular weight is 272 g/mol. The van der Waals surface area contributed by atoms with E-state index in [1.807, 2.05) is 0 Å². The maximum Gasteiger partial charge on any atom is 0.233 e. The smallest absolute Gasteiger partial charge is 0.233 e. The minimum atomic E-state index is -0.192. The van der Waals surface area contributed by atoms with E-state index < -0.39 is 0 Å². The zero-order valence-corrected chi connectivity index (χ0v) is 12.3. The molecule has 0 spiro atoms. The number of hydrogen-bond acceptors (Lipinski definition) is 2. The summed E-state index contributed by atoms with van der Waals surface area (Å²) < 4.78 is 0. The van der Waals surface area contributed by atoms with Crippen molar-refractivity contribution in [3.63, 3.8) is 0 Å². The number of amides is 1. The molecule has 3 rings (SSSR count). The number of nitrogens with zero attached hydrogens (tertiary/aromatic N) is 1. The Morgan fingerprint density at radius 3 is 2.75 bits per heavy atom. The minimum absolute atomic E-state index is 0.192. The standard InChI is InChI=1S/C17H24N2O/c1-17(9-11-18-12-10-17)16(20)19-13-5-4-7-14-6-2-3-8-15(14)19/h2-3,6,8,18H,4-5,7,9-13H2,1H3. The van der Waals surface area contributed by atoms with Gasteiger partial charge >= 0.3 is 0 Å². The highest BCUT2D eigenvalue weighted by molar-refractivity contribution is 5.98. The number of aryl methyl sites for hydroxylation is 1. The zero-order chi connectivity index (χ0) is 14.0. The Labute approximate surface area is 121 Å². The van der Waals surface area contributed by atoms with Crippen LogP contribution < -0.4 is 10.2 Å². The molecule has 0 radical (unpaired) electrons. The summed E-state index contributed by atoms with van der Waals surface area (Å²) in [5.74, 6) is 0.327. The van der Waals surface area contributed by atoms with E-state index >= 15 is 0 Å². The number of para-hydroxylation sites is 1. The first-order chi connectivity index (χ1) is 9.71. The van der Waals surface area contributed by atoms with Crippen molar-refractivity contribution in [2.24, 2.45) is 5.41 Å². The minimum Gasteiger partial charge on any atom is -0.317 e. The van der Waals surface area contributed by atoms with E-state index in [-0.39, 0.29) is 5.41 Å². The van der Waals surface area contributed by atoms with Gasteiger partial charge in [-0.25, -0.2) is 0 Å². The summed E-state index contributed by atoms with van der Waals surface area (Å²) in [4.78, 5) is 15.2. The van der Waals surface area contributed by atoms with Crippen molar-refractivity contribution >= 4 is 11.6 Å². The highest BCUT2D eigenvalue weighted by Gasteiger charge is 2.38. The molecule has 0 atom stereocenters. The van der Waals surface area contributed by atoms with Crippen LogP contribution in [0.3, 0.4) is 0 Å². The van der Waals surface area contributed by atoms with Crippen LogP contribution in [0.2, 0.25) is 0 Å². The number of fused-ring (bicyclic) bond motifs is 1. The van der Waals surface area contributed by atoms with Crippen LogP contribution in [0.4, 0.5) is 5.69 Å². The van der Waals surface area contributed by atoms with E-state index in [9.17, 15) is 4.79 Å². The number of carbonyl (C=O) groups excluding carboxylic acids is 1. The fourth-order valence-electron chi connectivity index (χ4n) is 3.42. The molecule has 0 unspecified atom stereocenters. The Morgan fingerprint density at radius 2 is 1.95 bits per heavy atom. The third-order valence-corrected chi connectivity index (χ3v) is 4.83. The molecule has 1 aromatic rings. The largest absolute Gasteiger partial charge is 0.317 e. The number of hydrogen-bond donors (Lipinski definition) is 1. The lowest BCUT2D eigenvalue weighted by Gasteiger charge is -2.37. The van der Waals surface area contributed by atoms with Gasteiger partial charge in [0.05, 0.1) is 0 Å². The first-order valence-electron chi connectivity index (χ1n) is 7.81. The zero-order valence-electron chi connectivity index (χ0n) is 12.3. The lowest BCUT2D eigenvalue weighted by molar-refractivity contribution is -0.128. The predicted octanol–water partition coefficient (Wildman–Crippen LogP) is 2.75. The average Bonchev–Trinajstić information content (AvgIpc) is 2.69. The lowest BCUT2D eigenvalue weighted by Crippen LogP contribution is -2.48. The predicted molar refractivity (Wildman–Crippen MR) is 81.9 cm³/mol. The van der Waals surface area contributed by atoms with Gasteiger partial charge in [-0.15, -0.1) is 0 Å². The molecule has 20 heavy (non-hydrogen) atoms. The fraction of sp³-hybridized carbons (Fsp3) is 0.588. The molecule has 2 heterocycles. The van der Waals surface area contributed by atoms with Crippen molar-refractivity contribution in [1.82, 2.24) is 5.32 Å². The summed E-state index contributed by atoms with van der Waals surface area (Å²) >= 11 is 0. The van der Waals surface area contributed by atoms with Gasteiger partial charge in [-0.1, -0.05) is 25.1 Å². The molecule has 3 nitrogen and oxygen atoms in total. The van der Waals surface area contributed by atoms with Crippen molar-refractivity contribution in [2.45, 2.75) is 39.0 Å². The van der Waals surface area contributed by atoms with E-state index in [1.54, 1.807) is 0 Å². The summed E-state index contributed by atoms with van der Waals surface area (Å²) in [5, 5.41) is 3.36. The van der Waals surface area contributed by atoms with Crippen molar-refractivity contribution in [1.29, 1.82) is 0 Å². The van der Waals surface area contributed by atoms with Crippen LogP contribution in [0.25, 0.3) is 0 Å². The SMILES string of the molecule is CC1(C(=O)N2CCCCc3ccccc32)CCNCC1. The van der Waals surface area contributed by atoms with Gasteiger partial charge < -0.3 is 10.2 Å². The highest BCUT2D eigenvalue weighted by Crippen LogP contribution is 2.35. The molecule has 1 saturated heterocycles. The molecule has 0 aliphatic carbocycles. The molecule has 1 aromatic carbocycles. The van der Waals surface area contributed by atoms with Crippen LogP contribution in [-0.2, 0) is 11.2 Å². The summed E-state index contributed by atoms with van der Waals surface area (Å²) in [5.41, 5.74) is 2.29. The van der Waals surface area contributed by atoms with Crippen molar-refractivity contribution in [3.8, 4) is 0 Å². The van der Waals surface area contributed by atoms with E-state index in [2.05, 4.69) is 41.4 Å². The molecule has 0 bridgehead atoms. The number of nitrogens with one attached hydrogen (secondary N) is 1. The van der Waals surface area contributed by atoms with Crippen LogP contribution in [0.5, 0.6) is 0 Å². The van der Waals surface area contributed by atoms with E-state index in [4.69, 9.17) is 0 Å². The Bertz CT molecular complexity index is 492. The molecule has 1 amide bonds. The maximum atomic E-state index is 13.1. The van der Waals surface area contributed by atoms with Crippen LogP contribution >= 0.6 is 0 Å². The molecule has 1 fully saturated rings. The number of rotatable bonds is 1. The number of anilines is 1. The summed E-state index contributed by atoms with van der Waals surface area (Å²) in [6.07, 6.45) is 5.28. The fourth-order valence-corrected chi connectivity index (χ4v) is 3.42. The van der Waals surface area contributed by atoms with Gasteiger partial charge in [-0.05, 0) is 56.8 Å². The molecule has 2 aliphatic heterocycles. The first kappa shape index (κ1) is 13.6. The molecule has 1 N–H and O–H groups in total. The first-order valence-corrected chi connectivity index (χ1v) is 7.81. The van der Waals surface area contributed by atoms with Crippen LogP contribution in [0.1, 0.15) is 38.2 Å². The molecule has 0 saturated carbocycles. The Morgan fingerprint density at radius 1 is 1.20 bits per heavy atom. The summed E-state index contributed by atoms with van der Waals surface area (Å²) in [6.45, 7) is 4.93. The van der Waals surface area contributed by atoms with Gasteiger partial charge in [0.25, 0.3) is 0 Å². The number of piperidine rings is 1. The quantitative estimate of drug-likeness (QED) is 0.852. The normalized spacial score (nSPS) is 21.9.